The van der Waals surface area contributed by atoms with Crippen molar-refractivity contribution in [3.05, 3.63) is 111 Å². The fraction of sp³-hybridized carbons (Fsp3) is 0.233. The van der Waals surface area contributed by atoms with Gasteiger partial charge in [0.25, 0.3) is 11.8 Å². The second kappa shape index (κ2) is 11.2. The average molecular weight is 566 g/mol. The molecule has 9 heteroatoms. The van der Waals surface area contributed by atoms with Crippen LogP contribution in [0.3, 0.4) is 0 Å². The van der Waals surface area contributed by atoms with Gasteiger partial charge in [0.1, 0.15) is 5.82 Å². The number of rotatable bonds is 5. The van der Waals surface area contributed by atoms with Gasteiger partial charge in [-0.2, -0.15) is 0 Å². The Morgan fingerprint density at radius 3 is 2.38 bits per heavy atom. The fourth-order valence-corrected chi connectivity index (χ4v) is 5.59. The number of hydrogen-bond donors (Lipinski definition) is 1. The molecule has 0 atom stereocenters. The minimum atomic E-state index is -0.495. The van der Waals surface area contributed by atoms with Crippen LogP contribution < -0.4 is 10.2 Å². The molecule has 1 fully saturated rings. The summed E-state index contributed by atoms with van der Waals surface area (Å²) < 4.78 is 14.3. The lowest BCUT2D eigenvalue weighted by Gasteiger charge is -2.40. The van der Waals surface area contributed by atoms with Crippen LogP contribution in [0.1, 0.15) is 34.3 Å². The third-order valence-corrected chi connectivity index (χ3v) is 8.15. The van der Waals surface area contributed by atoms with Crippen LogP contribution in [0.2, 0.25) is 10.0 Å². The standard InChI is InChI=1S/C30H26Cl2FN3O3/c31-24-8-6-21(16-25(24)32)29(39)35-14-12-30(13-15-35)19-36(26-9-7-22(33)17-23(26)30)28(38)11-10-27(37)34-18-20-4-2-1-3-5-20/h1-11,16-17H,12-15,18-19H2,(H,34,37)/b11-10+. The predicted molar refractivity (Wildman–Crippen MR) is 149 cm³/mol. The fourth-order valence-electron chi connectivity index (χ4n) is 5.30. The topological polar surface area (TPSA) is 69.7 Å². The third kappa shape index (κ3) is 5.70. The average Bonchev–Trinajstić information content (AvgIpc) is 3.25. The molecule has 0 bridgehead atoms. The van der Waals surface area contributed by atoms with Crippen molar-refractivity contribution in [1.29, 1.82) is 0 Å². The van der Waals surface area contributed by atoms with Crippen molar-refractivity contribution in [3.8, 4) is 0 Å². The van der Waals surface area contributed by atoms with Crippen molar-refractivity contribution in [2.45, 2.75) is 24.8 Å². The van der Waals surface area contributed by atoms with E-state index in [0.29, 0.717) is 60.3 Å². The summed E-state index contributed by atoms with van der Waals surface area (Å²) in [7, 11) is 0. The van der Waals surface area contributed by atoms with Gasteiger partial charge in [-0.1, -0.05) is 53.5 Å². The molecular formula is C30H26Cl2FN3O3. The van der Waals surface area contributed by atoms with Crippen molar-refractivity contribution in [3.63, 3.8) is 0 Å². The van der Waals surface area contributed by atoms with Gasteiger partial charge in [0.15, 0.2) is 0 Å². The summed E-state index contributed by atoms with van der Waals surface area (Å²) in [6.45, 7) is 1.57. The summed E-state index contributed by atoms with van der Waals surface area (Å²) in [4.78, 5) is 41.9. The first-order chi connectivity index (χ1) is 18.8. The Bertz CT molecular complexity index is 1450. The summed E-state index contributed by atoms with van der Waals surface area (Å²) >= 11 is 12.1. The zero-order valence-electron chi connectivity index (χ0n) is 21.0. The Labute approximate surface area is 236 Å². The number of carbonyl (C=O) groups excluding carboxylic acids is 3. The molecule has 200 valence electrons. The molecule has 0 unspecified atom stereocenters. The molecule has 1 spiro atoms. The number of nitrogens with one attached hydrogen (secondary N) is 1. The Kier molecular flexibility index (Phi) is 7.73. The monoisotopic (exact) mass is 565 g/mol. The molecule has 0 aromatic heterocycles. The second-order valence-corrected chi connectivity index (χ2v) is 10.6. The molecule has 1 saturated heterocycles. The zero-order chi connectivity index (χ0) is 27.6. The molecule has 3 aromatic rings. The molecule has 2 aliphatic rings. The second-order valence-electron chi connectivity index (χ2n) is 9.82. The molecular weight excluding hydrogens is 540 g/mol. The van der Waals surface area contributed by atoms with Crippen molar-refractivity contribution in [2.24, 2.45) is 0 Å². The summed E-state index contributed by atoms with van der Waals surface area (Å²) in [6, 6.07) is 18.7. The number of anilines is 1. The molecule has 5 rings (SSSR count). The quantitative estimate of drug-likeness (QED) is 0.414. The molecule has 0 radical (unpaired) electrons. The summed E-state index contributed by atoms with van der Waals surface area (Å²) in [5, 5.41) is 3.45. The highest BCUT2D eigenvalue weighted by molar-refractivity contribution is 6.42. The highest BCUT2D eigenvalue weighted by atomic mass is 35.5. The number of piperidine rings is 1. The van der Waals surface area contributed by atoms with Crippen molar-refractivity contribution in [1.82, 2.24) is 10.2 Å². The SMILES string of the molecule is O=C(/C=C/C(=O)N1CC2(CCN(C(=O)c3ccc(Cl)c(Cl)c3)CC2)c2cc(F)ccc21)NCc1ccccc1. The van der Waals surface area contributed by atoms with Gasteiger partial charge in [0.2, 0.25) is 5.91 Å². The van der Waals surface area contributed by atoms with E-state index in [1.54, 1.807) is 34.1 Å². The lowest BCUT2D eigenvalue weighted by molar-refractivity contribution is -0.118. The first kappa shape index (κ1) is 26.9. The summed E-state index contributed by atoms with van der Waals surface area (Å²) in [5.41, 5.74) is 2.28. The van der Waals surface area contributed by atoms with Gasteiger partial charge in [-0.15, -0.1) is 0 Å². The molecule has 0 aliphatic carbocycles. The number of halogens is 3. The van der Waals surface area contributed by atoms with Crippen molar-refractivity contribution >= 4 is 46.6 Å². The first-order valence-electron chi connectivity index (χ1n) is 12.6. The summed E-state index contributed by atoms with van der Waals surface area (Å²) in [5.74, 6) is -1.27. The molecule has 3 aromatic carbocycles. The van der Waals surface area contributed by atoms with Gasteiger partial charge in [0, 0.05) is 55.0 Å². The molecule has 2 aliphatic heterocycles. The molecule has 1 N–H and O–H groups in total. The van der Waals surface area contributed by atoms with Crippen LogP contribution in [-0.4, -0.2) is 42.3 Å². The lowest BCUT2D eigenvalue weighted by Crippen LogP contribution is -2.47. The van der Waals surface area contributed by atoms with E-state index < -0.39 is 5.41 Å². The van der Waals surface area contributed by atoms with Gasteiger partial charge in [-0.05, 0) is 60.4 Å². The van der Waals surface area contributed by atoms with Gasteiger partial charge < -0.3 is 15.1 Å². The first-order valence-corrected chi connectivity index (χ1v) is 13.4. The number of likely N-dealkylation sites (tertiary alicyclic amines) is 1. The maximum atomic E-state index is 14.3. The molecule has 3 amide bonds. The van der Waals surface area contributed by atoms with E-state index in [-0.39, 0.29) is 23.5 Å². The number of hydrogen-bond acceptors (Lipinski definition) is 3. The van der Waals surface area contributed by atoms with E-state index in [1.807, 2.05) is 30.3 Å². The van der Waals surface area contributed by atoms with Crippen LogP contribution >= 0.6 is 23.2 Å². The smallest absolute Gasteiger partial charge is 0.253 e. The molecule has 6 nitrogen and oxygen atoms in total. The van der Waals surface area contributed by atoms with Crippen LogP contribution in [0.15, 0.2) is 78.9 Å². The Balaban J connectivity index is 1.28. The molecule has 39 heavy (non-hydrogen) atoms. The minimum absolute atomic E-state index is 0.154. The number of benzene rings is 3. The van der Waals surface area contributed by atoms with E-state index in [4.69, 9.17) is 23.2 Å². The van der Waals surface area contributed by atoms with E-state index in [2.05, 4.69) is 5.32 Å². The molecule has 2 heterocycles. The Morgan fingerprint density at radius 1 is 0.923 bits per heavy atom. The highest BCUT2D eigenvalue weighted by Gasteiger charge is 2.46. The van der Waals surface area contributed by atoms with Crippen LogP contribution in [0.4, 0.5) is 10.1 Å². The maximum absolute atomic E-state index is 14.3. The minimum Gasteiger partial charge on any atom is -0.348 e. The maximum Gasteiger partial charge on any atom is 0.253 e. The Morgan fingerprint density at radius 2 is 1.67 bits per heavy atom. The Hall–Kier alpha value is -3.68. The van der Waals surface area contributed by atoms with E-state index in [1.165, 1.54) is 24.3 Å². The van der Waals surface area contributed by atoms with Crippen molar-refractivity contribution < 1.29 is 18.8 Å². The highest BCUT2D eigenvalue weighted by Crippen LogP contribution is 2.47. The van der Waals surface area contributed by atoms with Crippen molar-refractivity contribution in [2.75, 3.05) is 24.5 Å². The van der Waals surface area contributed by atoms with Gasteiger partial charge in [-0.25, -0.2) is 4.39 Å². The number of nitrogens with zero attached hydrogens (tertiary/aromatic N) is 2. The van der Waals surface area contributed by atoms with Gasteiger partial charge >= 0.3 is 0 Å². The van der Waals surface area contributed by atoms with Crippen LogP contribution in [0.5, 0.6) is 0 Å². The largest absolute Gasteiger partial charge is 0.348 e. The normalized spacial score (nSPS) is 16.0. The number of carbonyl (C=O) groups is 3. The van der Waals surface area contributed by atoms with Gasteiger partial charge in [0.05, 0.1) is 10.0 Å². The molecule has 0 saturated carbocycles. The van der Waals surface area contributed by atoms with Crippen LogP contribution in [0.25, 0.3) is 0 Å². The zero-order valence-corrected chi connectivity index (χ0v) is 22.5. The lowest BCUT2D eigenvalue weighted by atomic mass is 9.74. The summed E-state index contributed by atoms with van der Waals surface area (Å²) in [6.07, 6.45) is 3.58. The third-order valence-electron chi connectivity index (χ3n) is 7.41. The van der Waals surface area contributed by atoms with Crippen LogP contribution in [-0.2, 0) is 21.5 Å². The van der Waals surface area contributed by atoms with Crippen LogP contribution in [0, 0.1) is 5.82 Å². The van der Waals surface area contributed by atoms with E-state index >= 15 is 0 Å². The van der Waals surface area contributed by atoms with E-state index in [9.17, 15) is 18.8 Å². The van der Waals surface area contributed by atoms with Gasteiger partial charge in [-0.3, -0.25) is 14.4 Å². The number of amides is 3. The van der Waals surface area contributed by atoms with E-state index in [0.717, 1.165) is 11.1 Å². The number of fused-ring (bicyclic) bond motifs is 2. The predicted octanol–water partition coefficient (Wildman–Crippen LogP) is 5.53.